The van der Waals surface area contributed by atoms with Gasteiger partial charge >= 0.3 is 0 Å². The van der Waals surface area contributed by atoms with Gasteiger partial charge in [0, 0.05) is 18.3 Å². The Morgan fingerprint density at radius 3 is 2.48 bits per heavy atom. The highest BCUT2D eigenvalue weighted by Gasteiger charge is 2.29. The molecule has 0 radical (unpaired) electrons. The van der Waals surface area contributed by atoms with Gasteiger partial charge in [-0.1, -0.05) is 0 Å². The van der Waals surface area contributed by atoms with Crippen LogP contribution in [-0.2, 0) is 19.6 Å². The maximum Gasteiger partial charge on any atom is 0.253 e. The summed E-state index contributed by atoms with van der Waals surface area (Å²) >= 11 is 0. The first kappa shape index (κ1) is 17.9. The normalized spacial score (nSPS) is 21.6. The number of amides is 1. The van der Waals surface area contributed by atoms with E-state index in [1.807, 2.05) is 0 Å². The molecule has 0 aromatic heterocycles. The molecule has 1 fully saturated rings. The molecule has 1 aliphatic heterocycles. The van der Waals surface area contributed by atoms with Crippen LogP contribution in [0.3, 0.4) is 0 Å². The minimum absolute atomic E-state index is 0.0691. The number of hydrogen-bond acceptors (Lipinski definition) is 5. The molecule has 1 aromatic carbocycles. The fourth-order valence-corrected chi connectivity index (χ4v) is 3.64. The number of carbonyl (C=O) groups is 1. The van der Waals surface area contributed by atoms with Crippen LogP contribution < -0.4 is 15.8 Å². The molecule has 0 aliphatic carbocycles. The smallest absolute Gasteiger partial charge is 0.253 e. The Morgan fingerprint density at radius 2 is 1.96 bits per heavy atom. The summed E-state index contributed by atoms with van der Waals surface area (Å²) in [6.07, 6.45) is 0.834. The minimum Gasteiger partial charge on any atom is -0.364 e. The molecule has 8 heteroatoms. The van der Waals surface area contributed by atoms with E-state index in [1.54, 1.807) is 26.0 Å². The zero-order valence-electron chi connectivity index (χ0n) is 13.3. The van der Waals surface area contributed by atoms with Gasteiger partial charge in [-0.3, -0.25) is 4.79 Å². The van der Waals surface area contributed by atoms with E-state index in [2.05, 4.69) is 10.0 Å². The summed E-state index contributed by atoms with van der Waals surface area (Å²) in [6, 6.07) is 5.84. The van der Waals surface area contributed by atoms with Crippen LogP contribution in [0.1, 0.15) is 26.7 Å². The van der Waals surface area contributed by atoms with Gasteiger partial charge in [0.15, 0.2) is 0 Å². The second-order valence-electron chi connectivity index (χ2n) is 5.85. The first-order chi connectivity index (χ1) is 10.8. The van der Waals surface area contributed by atoms with Crippen molar-refractivity contribution in [1.82, 2.24) is 4.72 Å². The van der Waals surface area contributed by atoms with Gasteiger partial charge in [-0.2, -0.15) is 0 Å². The molecule has 0 bridgehead atoms. The third-order valence-electron chi connectivity index (χ3n) is 3.49. The van der Waals surface area contributed by atoms with E-state index >= 15 is 0 Å². The average Bonchev–Trinajstić information content (AvgIpc) is 2.95. The third-order valence-corrected chi connectivity index (χ3v) is 5.16. The van der Waals surface area contributed by atoms with Gasteiger partial charge in [0.1, 0.15) is 6.10 Å². The van der Waals surface area contributed by atoms with E-state index in [4.69, 9.17) is 10.5 Å². The Morgan fingerprint density at radius 1 is 1.30 bits per heavy atom. The second-order valence-corrected chi connectivity index (χ2v) is 7.56. The molecule has 1 aliphatic rings. The number of benzene rings is 1. The number of rotatable bonds is 6. The van der Waals surface area contributed by atoms with Gasteiger partial charge in [0.2, 0.25) is 10.0 Å². The molecular weight excluding hydrogens is 318 g/mol. The van der Waals surface area contributed by atoms with Crippen LogP contribution in [0.25, 0.3) is 0 Å². The summed E-state index contributed by atoms with van der Waals surface area (Å²) in [7, 11) is -3.53. The summed E-state index contributed by atoms with van der Waals surface area (Å²) in [4.78, 5) is 12.3. The molecule has 4 N–H and O–H groups in total. The lowest BCUT2D eigenvalue weighted by Gasteiger charge is -2.13. The van der Waals surface area contributed by atoms with E-state index in [-0.39, 0.29) is 22.9 Å². The van der Waals surface area contributed by atoms with Crippen molar-refractivity contribution < 1.29 is 17.9 Å². The number of nitrogens with one attached hydrogen (secondary N) is 2. The van der Waals surface area contributed by atoms with Crippen LogP contribution in [0.2, 0.25) is 0 Å². The SMILES string of the molecule is CC(C)NS(=O)(=O)c1ccc(NC(=O)[C@@H]2CC[C@H](CN)O2)cc1. The topological polar surface area (TPSA) is 111 Å². The van der Waals surface area contributed by atoms with Crippen molar-refractivity contribution in [3.63, 3.8) is 0 Å². The van der Waals surface area contributed by atoms with Gasteiger partial charge in [0.05, 0.1) is 11.0 Å². The standard InChI is InChI=1S/C15H23N3O4S/c1-10(2)18-23(20,21)13-6-3-11(4-7-13)17-15(19)14-8-5-12(9-16)22-14/h3-4,6-7,10,12,14,18H,5,8-9,16H2,1-2H3,(H,17,19)/t12-,14+/m1/s1. The fourth-order valence-electron chi connectivity index (χ4n) is 2.39. The van der Waals surface area contributed by atoms with Crippen molar-refractivity contribution in [2.75, 3.05) is 11.9 Å². The fraction of sp³-hybridized carbons (Fsp3) is 0.533. The van der Waals surface area contributed by atoms with Crippen molar-refractivity contribution >= 4 is 21.6 Å². The summed E-state index contributed by atoms with van der Waals surface area (Å²) < 4.78 is 32.1. The quantitative estimate of drug-likeness (QED) is 0.709. The minimum atomic E-state index is -3.53. The number of sulfonamides is 1. The molecule has 128 valence electrons. The van der Waals surface area contributed by atoms with E-state index < -0.39 is 16.1 Å². The number of nitrogens with two attached hydrogens (primary N) is 1. The van der Waals surface area contributed by atoms with E-state index in [0.717, 1.165) is 6.42 Å². The van der Waals surface area contributed by atoms with Gasteiger partial charge in [-0.15, -0.1) is 0 Å². The Labute approximate surface area is 136 Å². The summed E-state index contributed by atoms with van der Waals surface area (Å²) in [5.41, 5.74) is 6.05. The maximum atomic E-state index is 12.1. The molecule has 0 spiro atoms. The first-order valence-corrected chi connectivity index (χ1v) is 9.09. The van der Waals surface area contributed by atoms with Crippen LogP contribution >= 0.6 is 0 Å². The van der Waals surface area contributed by atoms with Crippen molar-refractivity contribution in [2.24, 2.45) is 5.73 Å². The molecular formula is C15H23N3O4S. The summed E-state index contributed by atoms with van der Waals surface area (Å²) in [5, 5.41) is 2.73. The Hall–Kier alpha value is -1.48. The highest BCUT2D eigenvalue weighted by atomic mass is 32.2. The average molecular weight is 341 g/mol. The van der Waals surface area contributed by atoms with Crippen LogP contribution in [-0.4, -0.2) is 39.1 Å². The zero-order chi connectivity index (χ0) is 17.0. The zero-order valence-corrected chi connectivity index (χ0v) is 14.1. The van der Waals surface area contributed by atoms with Gasteiger partial charge in [-0.05, 0) is 51.0 Å². The lowest BCUT2D eigenvalue weighted by molar-refractivity contribution is -0.126. The maximum absolute atomic E-state index is 12.1. The summed E-state index contributed by atoms with van der Waals surface area (Å²) in [6.45, 7) is 3.91. The Bertz CT molecular complexity index is 643. The lowest BCUT2D eigenvalue weighted by Crippen LogP contribution is -2.30. The molecule has 1 amide bonds. The predicted molar refractivity (Wildman–Crippen MR) is 87.5 cm³/mol. The lowest BCUT2D eigenvalue weighted by atomic mass is 10.2. The predicted octanol–water partition coefficient (Wildman–Crippen LogP) is 0.818. The van der Waals surface area contributed by atoms with E-state index in [1.165, 1.54) is 12.1 Å². The van der Waals surface area contributed by atoms with E-state index in [0.29, 0.717) is 18.7 Å². The number of hydrogen-bond donors (Lipinski definition) is 3. The van der Waals surface area contributed by atoms with Crippen molar-refractivity contribution in [2.45, 2.75) is 49.8 Å². The molecule has 7 nitrogen and oxygen atoms in total. The van der Waals surface area contributed by atoms with Crippen molar-refractivity contribution in [3.8, 4) is 0 Å². The molecule has 0 saturated carbocycles. The number of carbonyl (C=O) groups excluding carboxylic acids is 1. The van der Waals surface area contributed by atoms with Gasteiger partial charge in [-0.25, -0.2) is 13.1 Å². The van der Waals surface area contributed by atoms with Gasteiger partial charge in [0.25, 0.3) is 5.91 Å². The largest absolute Gasteiger partial charge is 0.364 e. The van der Waals surface area contributed by atoms with E-state index in [9.17, 15) is 13.2 Å². The van der Waals surface area contributed by atoms with Crippen molar-refractivity contribution in [1.29, 1.82) is 0 Å². The molecule has 1 aromatic rings. The molecule has 1 saturated heterocycles. The van der Waals surface area contributed by atoms with Crippen molar-refractivity contribution in [3.05, 3.63) is 24.3 Å². The first-order valence-electron chi connectivity index (χ1n) is 7.60. The Balaban J connectivity index is 1.99. The van der Waals surface area contributed by atoms with Crippen LogP contribution in [0, 0.1) is 0 Å². The van der Waals surface area contributed by atoms with Crippen LogP contribution in [0.5, 0.6) is 0 Å². The molecule has 2 rings (SSSR count). The number of anilines is 1. The second kappa shape index (κ2) is 7.39. The molecule has 2 atom stereocenters. The highest BCUT2D eigenvalue weighted by Crippen LogP contribution is 2.21. The molecule has 23 heavy (non-hydrogen) atoms. The number of ether oxygens (including phenoxy) is 1. The van der Waals surface area contributed by atoms with Crippen LogP contribution in [0.15, 0.2) is 29.2 Å². The molecule has 1 heterocycles. The Kier molecular flexibility index (Phi) is 5.74. The third kappa shape index (κ3) is 4.74. The monoisotopic (exact) mass is 341 g/mol. The van der Waals surface area contributed by atoms with Crippen LogP contribution in [0.4, 0.5) is 5.69 Å². The summed E-state index contributed by atoms with van der Waals surface area (Å²) in [5.74, 6) is -0.239. The molecule has 0 unspecified atom stereocenters. The highest BCUT2D eigenvalue weighted by molar-refractivity contribution is 7.89. The van der Waals surface area contributed by atoms with Gasteiger partial charge < -0.3 is 15.8 Å².